The van der Waals surface area contributed by atoms with E-state index in [9.17, 15) is 0 Å². The van der Waals surface area contributed by atoms with Gasteiger partial charge in [-0.3, -0.25) is 10.5 Å². The molecule has 0 saturated heterocycles. The number of aryl methyl sites for hydroxylation is 3. The van der Waals surface area contributed by atoms with E-state index >= 15 is 0 Å². The Hall–Kier alpha value is -0.880. The van der Waals surface area contributed by atoms with Crippen LogP contribution in [0.2, 0.25) is 5.02 Å². The van der Waals surface area contributed by atoms with Gasteiger partial charge in [0.15, 0.2) is 0 Å². The lowest BCUT2D eigenvalue weighted by molar-refractivity contribution is 0.548. The number of rotatable bonds is 4. The highest BCUT2D eigenvalue weighted by molar-refractivity contribution is 7.12. The number of hydrogen-bond acceptors (Lipinski definition) is 4. The summed E-state index contributed by atoms with van der Waals surface area (Å²) in [6.07, 6.45) is 5.34. The van der Waals surface area contributed by atoms with Crippen molar-refractivity contribution in [3.63, 3.8) is 0 Å². The first-order chi connectivity index (χ1) is 9.24. The second-order valence-corrected chi connectivity index (χ2v) is 6.32. The Labute approximate surface area is 121 Å². The SMILES string of the molecule is CCn1ncc(Cl)c1C(NN)c1cc2c(s1)CCC2. The predicted molar refractivity (Wildman–Crippen MR) is 78.4 cm³/mol. The molecule has 0 bridgehead atoms. The molecule has 3 N–H and O–H groups in total. The molecular formula is C13H17ClN4S. The largest absolute Gasteiger partial charge is 0.270 e. The molecule has 1 aliphatic carbocycles. The van der Waals surface area contributed by atoms with E-state index < -0.39 is 0 Å². The zero-order valence-corrected chi connectivity index (χ0v) is 12.4. The Kier molecular flexibility index (Phi) is 3.62. The Morgan fingerprint density at radius 2 is 2.42 bits per heavy atom. The molecule has 0 aromatic carbocycles. The standard InChI is InChI=1S/C13H17ClN4S/c1-2-18-13(9(14)7-16-18)12(17-15)11-6-8-4-3-5-10(8)19-11/h6-7,12,17H,2-5,15H2,1H3. The van der Waals surface area contributed by atoms with Crippen molar-refractivity contribution >= 4 is 22.9 Å². The van der Waals surface area contributed by atoms with Gasteiger partial charge in [-0.05, 0) is 37.8 Å². The summed E-state index contributed by atoms with van der Waals surface area (Å²) in [4.78, 5) is 2.72. The zero-order valence-electron chi connectivity index (χ0n) is 10.8. The van der Waals surface area contributed by atoms with E-state index in [1.165, 1.54) is 34.6 Å². The van der Waals surface area contributed by atoms with Gasteiger partial charge in [0.1, 0.15) is 0 Å². The first kappa shape index (κ1) is 13.1. The third-order valence-electron chi connectivity index (χ3n) is 3.62. The van der Waals surface area contributed by atoms with Gasteiger partial charge in [-0.1, -0.05) is 11.6 Å². The van der Waals surface area contributed by atoms with Crippen molar-refractivity contribution < 1.29 is 0 Å². The first-order valence-electron chi connectivity index (χ1n) is 6.53. The van der Waals surface area contributed by atoms with Gasteiger partial charge >= 0.3 is 0 Å². The molecule has 0 fully saturated rings. The number of hydrazine groups is 1. The lowest BCUT2D eigenvalue weighted by Gasteiger charge is -2.16. The second-order valence-electron chi connectivity index (χ2n) is 4.74. The number of nitrogens with one attached hydrogen (secondary N) is 1. The van der Waals surface area contributed by atoms with E-state index in [0.717, 1.165) is 12.2 Å². The van der Waals surface area contributed by atoms with Gasteiger partial charge in [0.05, 0.1) is 23.0 Å². The topological polar surface area (TPSA) is 55.9 Å². The van der Waals surface area contributed by atoms with Crippen LogP contribution in [0, 0.1) is 0 Å². The van der Waals surface area contributed by atoms with Gasteiger partial charge in [0.2, 0.25) is 0 Å². The summed E-state index contributed by atoms with van der Waals surface area (Å²) in [6, 6.07) is 2.19. The number of halogens is 1. The molecule has 0 amide bonds. The maximum absolute atomic E-state index is 6.27. The van der Waals surface area contributed by atoms with Gasteiger partial charge in [-0.25, -0.2) is 5.43 Å². The molecule has 19 heavy (non-hydrogen) atoms. The summed E-state index contributed by atoms with van der Waals surface area (Å²) < 4.78 is 1.90. The van der Waals surface area contributed by atoms with E-state index in [2.05, 4.69) is 23.5 Å². The summed E-state index contributed by atoms with van der Waals surface area (Å²) >= 11 is 8.11. The van der Waals surface area contributed by atoms with Crippen LogP contribution in [0.25, 0.3) is 0 Å². The lowest BCUT2D eigenvalue weighted by atomic mass is 10.1. The molecule has 1 aliphatic rings. The minimum absolute atomic E-state index is 0.0782. The van der Waals surface area contributed by atoms with E-state index in [0.29, 0.717) is 5.02 Å². The maximum atomic E-state index is 6.27. The molecule has 4 nitrogen and oxygen atoms in total. The highest BCUT2D eigenvalue weighted by Gasteiger charge is 2.25. The normalized spacial score (nSPS) is 15.7. The van der Waals surface area contributed by atoms with Gasteiger partial charge in [0.25, 0.3) is 0 Å². The zero-order chi connectivity index (χ0) is 13.4. The van der Waals surface area contributed by atoms with Gasteiger partial charge < -0.3 is 0 Å². The van der Waals surface area contributed by atoms with Crippen molar-refractivity contribution in [2.45, 2.75) is 38.8 Å². The van der Waals surface area contributed by atoms with Crippen molar-refractivity contribution in [1.82, 2.24) is 15.2 Å². The van der Waals surface area contributed by atoms with Crippen LogP contribution in [0.4, 0.5) is 0 Å². The highest BCUT2D eigenvalue weighted by atomic mass is 35.5. The van der Waals surface area contributed by atoms with Crippen LogP contribution < -0.4 is 11.3 Å². The van der Waals surface area contributed by atoms with E-state index in [-0.39, 0.29) is 6.04 Å². The quantitative estimate of drug-likeness (QED) is 0.674. The third-order valence-corrected chi connectivity index (χ3v) is 5.22. The molecule has 0 spiro atoms. The fourth-order valence-electron chi connectivity index (χ4n) is 2.70. The first-order valence-corrected chi connectivity index (χ1v) is 7.72. The number of thiophene rings is 1. The maximum Gasteiger partial charge on any atom is 0.0985 e. The Bertz CT molecular complexity index is 568. The summed E-state index contributed by atoms with van der Waals surface area (Å²) in [7, 11) is 0. The monoisotopic (exact) mass is 296 g/mol. The molecule has 0 aliphatic heterocycles. The van der Waals surface area contributed by atoms with Crippen molar-refractivity contribution in [3.8, 4) is 0 Å². The van der Waals surface area contributed by atoms with E-state index in [1.807, 2.05) is 16.0 Å². The molecular weight excluding hydrogens is 280 g/mol. The summed E-state index contributed by atoms with van der Waals surface area (Å²) in [5.41, 5.74) is 5.31. The molecule has 1 atom stereocenters. The molecule has 0 saturated carbocycles. The van der Waals surface area contributed by atoms with Crippen LogP contribution in [0.1, 0.15) is 40.4 Å². The summed E-state index contributed by atoms with van der Waals surface area (Å²) in [5.74, 6) is 5.76. The van der Waals surface area contributed by atoms with E-state index in [1.54, 1.807) is 6.20 Å². The van der Waals surface area contributed by atoms with Crippen LogP contribution in [-0.4, -0.2) is 9.78 Å². The number of hydrogen-bond donors (Lipinski definition) is 2. The smallest absolute Gasteiger partial charge is 0.0985 e. The van der Waals surface area contributed by atoms with Crippen molar-refractivity contribution in [2.24, 2.45) is 5.84 Å². The predicted octanol–water partition coefficient (Wildman–Crippen LogP) is 2.66. The number of nitrogens with zero attached hydrogens (tertiary/aromatic N) is 2. The van der Waals surface area contributed by atoms with Crippen LogP contribution >= 0.6 is 22.9 Å². The van der Waals surface area contributed by atoms with Crippen molar-refractivity contribution in [2.75, 3.05) is 0 Å². The van der Waals surface area contributed by atoms with Gasteiger partial charge in [-0.2, -0.15) is 5.10 Å². The van der Waals surface area contributed by atoms with Gasteiger partial charge in [0, 0.05) is 16.3 Å². The van der Waals surface area contributed by atoms with Crippen molar-refractivity contribution in [3.05, 3.63) is 38.3 Å². The average Bonchev–Trinajstić information content (AvgIpc) is 3.06. The highest BCUT2D eigenvalue weighted by Crippen LogP contribution is 2.37. The van der Waals surface area contributed by atoms with Crippen LogP contribution in [-0.2, 0) is 19.4 Å². The molecule has 0 radical (unpaired) electrons. The average molecular weight is 297 g/mol. The fraction of sp³-hybridized carbons (Fsp3) is 0.462. The van der Waals surface area contributed by atoms with E-state index in [4.69, 9.17) is 17.4 Å². The Morgan fingerprint density at radius 3 is 3.11 bits per heavy atom. The summed E-state index contributed by atoms with van der Waals surface area (Å²) in [5, 5.41) is 4.95. The molecule has 2 heterocycles. The molecule has 102 valence electrons. The number of aromatic nitrogens is 2. The van der Waals surface area contributed by atoms with Gasteiger partial charge in [-0.15, -0.1) is 11.3 Å². The number of nitrogens with two attached hydrogens (primary N) is 1. The molecule has 1 unspecified atom stereocenters. The lowest BCUT2D eigenvalue weighted by Crippen LogP contribution is -2.30. The Morgan fingerprint density at radius 1 is 1.58 bits per heavy atom. The van der Waals surface area contributed by atoms with Crippen LogP contribution in [0.5, 0.6) is 0 Å². The summed E-state index contributed by atoms with van der Waals surface area (Å²) in [6.45, 7) is 2.83. The van der Waals surface area contributed by atoms with Crippen molar-refractivity contribution in [1.29, 1.82) is 0 Å². The molecule has 2 aromatic heterocycles. The fourth-order valence-corrected chi connectivity index (χ4v) is 4.27. The molecule has 2 aromatic rings. The number of fused-ring (bicyclic) bond motifs is 1. The Balaban J connectivity index is 2.01. The van der Waals surface area contributed by atoms with Crippen LogP contribution in [0.3, 0.4) is 0 Å². The van der Waals surface area contributed by atoms with Crippen LogP contribution in [0.15, 0.2) is 12.3 Å². The molecule has 3 rings (SSSR count). The minimum atomic E-state index is -0.0782. The second kappa shape index (κ2) is 5.25. The molecule has 6 heteroatoms. The third kappa shape index (κ3) is 2.21. The minimum Gasteiger partial charge on any atom is -0.270 e.